The molecule has 150 valence electrons. The average Bonchev–Trinajstić information content (AvgIpc) is 3.11. The van der Waals surface area contributed by atoms with Gasteiger partial charge in [0, 0.05) is 18.3 Å². The molecule has 27 heavy (non-hydrogen) atoms. The number of H-pyrrole nitrogens is 1. The largest absolute Gasteiger partial charge is 0.394 e. The molecule has 4 atom stereocenters. The van der Waals surface area contributed by atoms with Crippen LogP contribution in [0.2, 0.25) is 0 Å². The smallest absolute Gasteiger partial charge is 0.330 e. The summed E-state index contributed by atoms with van der Waals surface area (Å²) < 4.78 is 19.0. The average molecular weight is 381 g/mol. The highest BCUT2D eigenvalue weighted by atomic mass is 16.8. The zero-order valence-electron chi connectivity index (χ0n) is 15.7. The van der Waals surface area contributed by atoms with Crippen molar-refractivity contribution in [1.29, 1.82) is 0 Å². The molecule has 3 saturated heterocycles. The van der Waals surface area contributed by atoms with E-state index >= 15 is 0 Å². The fourth-order valence-electron chi connectivity index (χ4n) is 4.22. The van der Waals surface area contributed by atoms with Crippen LogP contribution in [0.5, 0.6) is 0 Å². The lowest BCUT2D eigenvalue weighted by atomic mass is 10.1. The number of aliphatic hydroxyl groups is 1. The molecule has 1 unspecified atom stereocenters. The van der Waals surface area contributed by atoms with Gasteiger partial charge in [0.05, 0.1) is 6.61 Å². The quantitative estimate of drug-likeness (QED) is 0.752. The minimum atomic E-state index is -0.826. The fraction of sp³-hybridized carbons (Fsp3) is 0.778. The molecule has 3 fully saturated rings. The minimum absolute atomic E-state index is 0.240. The summed E-state index contributed by atoms with van der Waals surface area (Å²) in [6, 6.07) is 0. The van der Waals surface area contributed by atoms with Crippen LogP contribution in [0.1, 0.15) is 44.9 Å². The number of likely N-dealkylation sites (tertiary alicyclic amines) is 1. The maximum atomic E-state index is 12.5. The predicted molar refractivity (Wildman–Crippen MR) is 95.3 cm³/mol. The Hall–Kier alpha value is -1.52. The van der Waals surface area contributed by atoms with E-state index in [1.165, 1.54) is 11.0 Å². The molecule has 4 heterocycles. The van der Waals surface area contributed by atoms with E-state index in [2.05, 4.69) is 9.88 Å². The maximum Gasteiger partial charge on any atom is 0.330 e. The SMILES string of the molecule is CC1(C)OC2[C@H](n3cc(CN4CCCCC4)c(=O)[nH]c3=O)O[C@H](CO)[C@H]2O1. The number of hydrogen-bond donors (Lipinski definition) is 2. The summed E-state index contributed by atoms with van der Waals surface area (Å²) in [5, 5.41) is 9.62. The number of ether oxygens (including phenoxy) is 3. The van der Waals surface area contributed by atoms with E-state index in [0.29, 0.717) is 12.1 Å². The third kappa shape index (κ3) is 3.62. The molecule has 9 nitrogen and oxygen atoms in total. The number of nitrogens with one attached hydrogen (secondary N) is 1. The van der Waals surface area contributed by atoms with Crippen molar-refractivity contribution < 1.29 is 19.3 Å². The van der Waals surface area contributed by atoms with Crippen molar-refractivity contribution in [2.75, 3.05) is 19.7 Å². The number of fused-ring (bicyclic) bond motifs is 1. The molecule has 0 radical (unpaired) electrons. The Bertz CT molecular complexity index is 797. The lowest BCUT2D eigenvalue weighted by Crippen LogP contribution is -2.40. The Labute approximate surface area is 156 Å². The predicted octanol–water partition coefficient (Wildman–Crippen LogP) is -0.0677. The zero-order valence-corrected chi connectivity index (χ0v) is 15.7. The number of aliphatic hydroxyl groups excluding tert-OH is 1. The van der Waals surface area contributed by atoms with Gasteiger partial charge in [-0.25, -0.2) is 4.79 Å². The Kier molecular flexibility index (Phi) is 4.98. The summed E-state index contributed by atoms with van der Waals surface area (Å²) in [7, 11) is 0. The Morgan fingerprint density at radius 1 is 1.19 bits per heavy atom. The second-order valence-corrected chi connectivity index (χ2v) is 7.97. The van der Waals surface area contributed by atoms with E-state index in [-0.39, 0.29) is 12.2 Å². The first-order chi connectivity index (χ1) is 12.9. The minimum Gasteiger partial charge on any atom is -0.394 e. The monoisotopic (exact) mass is 381 g/mol. The molecule has 0 spiro atoms. The summed E-state index contributed by atoms with van der Waals surface area (Å²) >= 11 is 0. The first kappa shape index (κ1) is 18.8. The van der Waals surface area contributed by atoms with Crippen LogP contribution in [0.15, 0.2) is 15.8 Å². The third-order valence-electron chi connectivity index (χ3n) is 5.46. The molecule has 2 N–H and O–H groups in total. The van der Waals surface area contributed by atoms with Crippen molar-refractivity contribution in [2.24, 2.45) is 0 Å². The van der Waals surface area contributed by atoms with Gasteiger partial charge in [-0.05, 0) is 39.8 Å². The summed E-state index contributed by atoms with van der Waals surface area (Å²) in [5.41, 5.74) is -0.417. The van der Waals surface area contributed by atoms with E-state index < -0.39 is 36.0 Å². The lowest BCUT2D eigenvalue weighted by Gasteiger charge is -2.27. The van der Waals surface area contributed by atoms with Crippen molar-refractivity contribution in [3.8, 4) is 0 Å². The van der Waals surface area contributed by atoms with E-state index in [0.717, 1.165) is 25.9 Å². The van der Waals surface area contributed by atoms with Crippen LogP contribution in [0.25, 0.3) is 0 Å². The topological polar surface area (TPSA) is 106 Å². The number of nitrogens with zero attached hydrogens (tertiary/aromatic N) is 2. The molecule has 9 heteroatoms. The van der Waals surface area contributed by atoms with Crippen molar-refractivity contribution in [3.63, 3.8) is 0 Å². The van der Waals surface area contributed by atoms with Gasteiger partial charge < -0.3 is 19.3 Å². The summed E-state index contributed by atoms with van der Waals surface area (Å²) in [5.74, 6) is -0.826. The molecule has 3 aliphatic rings. The number of hydrogen-bond acceptors (Lipinski definition) is 7. The first-order valence-electron chi connectivity index (χ1n) is 9.56. The number of rotatable bonds is 4. The molecular weight excluding hydrogens is 354 g/mol. The van der Waals surface area contributed by atoms with Gasteiger partial charge >= 0.3 is 5.69 Å². The summed E-state index contributed by atoms with van der Waals surface area (Å²) in [6.07, 6.45) is 2.64. The Morgan fingerprint density at radius 3 is 2.59 bits per heavy atom. The van der Waals surface area contributed by atoms with Gasteiger partial charge in [-0.3, -0.25) is 19.2 Å². The Morgan fingerprint density at radius 2 is 1.89 bits per heavy atom. The van der Waals surface area contributed by atoms with Crippen LogP contribution in [-0.4, -0.2) is 63.4 Å². The van der Waals surface area contributed by atoms with Gasteiger partial charge in [0.15, 0.2) is 12.0 Å². The fourth-order valence-corrected chi connectivity index (χ4v) is 4.22. The standard InChI is InChI=1S/C18H27N3O6/c1-18(2)26-13-12(10-22)25-16(14(13)27-18)21-9-11(15(23)19-17(21)24)8-20-6-4-3-5-7-20/h9,12-14,16,22H,3-8,10H2,1-2H3,(H,19,23,24)/t12-,13-,14?,16-/m1/s1. The number of piperidine rings is 1. The normalized spacial score (nSPS) is 33.3. The first-order valence-corrected chi connectivity index (χ1v) is 9.56. The van der Waals surface area contributed by atoms with Gasteiger partial charge in [0.2, 0.25) is 0 Å². The van der Waals surface area contributed by atoms with E-state index in [4.69, 9.17) is 14.2 Å². The third-order valence-corrected chi connectivity index (χ3v) is 5.46. The maximum absolute atomic E-state index is 12.5. The molecule has 0 amide bonds. The van der Waals surface area contributed by atoms with Crippen LogP contribution in [0.4, 0.5) is 0 Å². The molecule has 0 aliphatic carbocycles. The van der Waals surface area contributed by atoms with Crippen LogP contribution in [0, 0.1) is 0 Å². The van der Waals surface area contributed by atoms with Gasteiger partial charge in [-0.1, -0.05) is 6.42 Å². The molecule has 3 aliphatic heterocycles. The molecule has 0 aromatic carbocycles. The van der Waals surface area contributed by atoms with E-state index in [9.17, 15) is 14.7 Å². The van der Waals surface area contributed by atoms with Crippen LogP contribution < -0.4 is 11.2 Å². The van der Waals surface area contributed by atoms with Gasteiger partial charge in [0.25, 0.3) is 5.56 Å². The van der Waals surface area contributed by atoms with Gasteiger partial charge in [-0.15, -0.1) is 0 Å². The lowest BCUT2D eigenvalue weighted by molar-refractivity contribution is -0.200. The molecule has 1 aromatic rings. The highest BCUT2D eigenvalue weighted by molar-refractivity contribution is 5.07. The molecule has 0 bridgehead atoms. The van der Waals surface area contributed by atoms with E-state index in [1.54, 1.807) is 20.0 Å². The second-order valence-electron chi connectivity index (χ2n) is 7.97. The Balaban J connectivity index is 1.64. The highest BCUT2D eigenvalue weighted by Gasteiger charge is 2.55. The van der Waals surface area contributed by atoms with Crippen LogP contribution in [0.3, 0.4) is 0 Å². The van der Waals surface area contributed by atoms with E-state index in [1.807, 2.05) is 0 Å². The summed E-state index contributed by atoms with van der Waals surface area (Å²) in [4.78, 5) is 29.4. The van der Waals surface area contributed by atoms with Crippen molar-refractivity contribution >= 4 is 0 Å². The molecule has 4 rings (SSSR count). The molecular formula is C18H27N3O6. The van der Waals surface area contributed by atoms with Crippen molar-refractivity contribution in [2.45, 2.75) is 70.0 Å². The summed E-state index contributed by atoms with van der Waals surface area (Å²) in [6.45, 7) is 5.71. The molecule has 1 aromatic heterocycles. The number of aromatic amines is 1. The second kappa shape index (κ2) is 7.14. The van der Waals surface area contributed by atoms with Crippen molar-refractivity contribution in [3.05, 3.63) is 32.6 Å². The zero-order chi connectivity index (χ0) is 19.2. The van der Waals surface area contributed by atoms with Crippen LogP contribution in [-0.2, 0) is 20.8 Å². The van der Waals surface area contributed by atoms with Crippen molar-refractivity contribution in [1.82, 2.24) is 14.5 Å². The van der Waals surface area contributed by atoms with Gasteiger partial charge in [0.1, 0.15) is 18.3 Å². The highest BCUT2D eigenvalue weighted by Crippen LogP contribution is 2.42. The number of aromatic nitrogens is 2. The van der Waals surface area contributed by atoms with Gasteiger partial charge in [-0.2, -0.15) is 0 Å². The molecule has 0 saturated carbocycles. The van der Waals surface area contributed by atoms with Crippen LogP contribution >= 0.6 is 0 Å².